The Morgan fingerprint density at radius 3 is 2.37 bits per heavy atom. The fourth-order valence-corrected chi connectivity index (χ4v) is 3.17. The first kappa shape index (κ1) is 14.0. The molecular formula is C14H16FNO2S. The second kappa shape index (κ2) is 5.27. The Hall–Kier alpha value is -1.46. The summed E-state index contributed by atoms with van der Waals surface area (Å²) in [5.41, 5.74) is 0.796. The van der Waals surface area contributed by atoms with Gasteiger partial charge in [0.15, 0.2) is 0 Å². The molecule has 0 aliphatic rings. The average Bonchev–Trinajstić information content (AvgIpc) is 2.36. The number of hydrogen-bond donors (Lipinski definition) is 1. The Bertz CT molecular complexity index is 698. The van der Waals surface area contributed by atoms with Crippen LogP contribution in [0.2, 0.25) is 0 Å². The Kier molecular flexibility index (Phi) is 3.87. The summed E-state index contributed by atoms with van der Waals surface area (Å²) < 4.78 is 36.7. The molecular weight excluding hydrogens is 265 g/mol. The van der Waals surface area contributed by atoms with E-state index in [9.17, 15) is 12.8 Å². The third-order valence-electron chi connectivity index (χ3n) is 3.10. The number of fused-ring (bicyclic) bond motifs is 1. The third kappa shape index (κ3) is 3.11. The molecule has 19 heavy (non-hydrogen) atoms. The zero-order chi connectivity index (χ0) is 14.0. The van der Waals surface area contributed by atoms with Crippen molar-refractivity contribution in [1.82, 2.24) is 5.32 Å². The van der Waals surface area contributed by atoms with E-state index in [1.165, 1.54) is 12.3 Å². The Morgan fingerprint density at radius 2 is 1.79 bits per heavy atom. The first-order valence-electron chi connectivity index (χ1n) is 5.94. The zero-order valence-electron chi connectivity index (χ0n) is 10.9. The maximum atomic E-state index is 13.7. The molecule has 0 saturated heterocycles. The van der Waals surface area contributed by atoms with Gasteiger partial charge in [0.05, 0.1) is 5.75 Å². The van der Waals surface area contributed by atoms with Crippen LogP contribution in [0.5, 0.6) is 0 Å². The second-order valence-corrected chi connectivity index (χ2v) is 6.80. The normalized spacial score (nSPS) is 13.6. The summed E-state index contributed by atoms with van der Waals surface area (Å²) in [5.74, 6) is -0.312. The van der Waals surface area contributed by atoms with Crippen LogP contribution in [0.1, 0.15) is 11.6 Å². The van der Waals surface area contributed by atoms with Gasteiger partial charge in [-0.05, 0) is 24.1 Å². The molecule has 0 fully saturated rings. The maximum absolute atomic E-state index is 13.7. The number of nitrogens with one attached hydrogen (secondary N) is 1. The summed E-state index contributed by atoms with van der Waals surface area (Å²) in [6.07, 6.45) is 1.20. The zero-order valence-corrected chi connectivity index (χ0v) is 11.7. The number of sulfone groups is 1. The van der Waals surface area contributed by atoms with Crippen molar-refractivity contribution in [3.63, 3.8) is 0 Å². The van der Waals surface area contributed by atoms with Crippen LogP contribution in [0, 0.1) is 5.82 Å². The molecule has 0 spiro atoms. The Labute approximate surface area is 112 Å². The molecule has 1 unspecified atom stereocenters. The van der Waals surface area contributed by atoms with Crippen molar-refractivity contribution in [2.24, 2.45) is 0 Å². The van der Waals surface area contributed by atoms with E-state index in [1.54, 1.807) is 31.3 Å². The molecule has 3 nitrogen and oxygen atoms in total. The summed E-state index contributed by atoms with van der Waals surface area (Å²) in [6, 6.07) is 9.76. The minimum absolute atomic E-state index is 0.0148. The summed E-state index contributed by atoms with van der Waals surface area (Å²) in [6.45, 7) is 0. The van der Waals surface area contributed by atoms with Crippen molar-refractivity contribution in [2.45, 2.75) is 6.04 Å². The molecule has 102 valence electrons. The predicted octanol–water partition coefficient (Wildman–Crippen LogP) is 2.28. The third-order valence-corrected chi connectivity index (χ3v) is 4.04. The lowest BCUT2D eigenvalue weighted by Gasteiger charge is -2.18. The van der Waals surface area contributed by atoms with Gasteiger partial charge in [-0.3, -0.25) is 0 Å². The van der Waals surface area contributed by atoms with Crippen molar-refractivity contribution in [2.75, 3.05) is 19.1 Å². The molecule has 2 aromatic rings. The first-order valence-corrected chi connectivity index (χ1v) is 8.00. The van der Waals surface area contributed by atoms with Crippen LogP contribution in [0.15, 0.2) is 36.4 Å². The lowest BCUT2D eigenvalue weighted by molar-refractivity contribution is 0.580. The highest BCUT2D eigenvalue weighted by Crippen LogP contribution is 2.27. The molecule has 0 bridgehead atoms. The van der Waals surface area contributed by atoms with E-state index in [-0.39, 0.29) is 17.6 Å². The van der Waals surface area contributed by atoms with Crippen LogP contribution in [0.3, 0.4) is 0 Å². The van der Waals surface area contributed by atoms with E-state index in [0.29, 0.717) is 5.39 Å². The molecule has 2 rings (SSSR count). The number of benzene rings is 2. The predicted molar refractivity (Wildman–Crippen MR) is 75.4 cm³/mol. The van der Waals surface area contributed by atoms with E-state index in [1.807, 2.05) is 6.07 Å². The molecule has 0 aliphatic carbocycles. The average molecular weight is 281 g/mol. The SMILES string of the molecule is CNC(CS(C)(=O)=O)c1ccc(F)c2ccccc12. The molecule has 0 amide bonds. The van der Waals surface area contributed by atoms with E-state index in [4.69, 9.17) is 0 Å². The summed E-state index contributed by atoms with van der Waals surface area (Å²) in [4.78, 5) is 0. The lowest BCUT2D eigenvalue weighted by Crippen LogP contribution is -2.24. The van der Waals surface area contributed by atoms with E-state index in [0.717, 1.165) is 10.9 Å². The van der Waals surface area contributed by atoms with Gasteiger partial charge in [0.2, 0.25) is 0 Å². The second-order valence-electron chi connectivity index (χ2n) is 4.62. The fraction of sp³-hybridized carbons (Fsp3) is 0.286. The van der Waals surface area contributed by atoms with Gasteiger partial charge in [0, 0.05) is 17.7 Å². The maximum Gasteiger partial charge on any atom is 0.149 e. The van der Waals surface area contributed by atoms with Gasteiger partial charge in [-0.1, -0.05) is 30.3 Å². The highest BCUT2D eigenvalue weighted by Gasteiger charge is 2.18. The van der Waals surface area contributed by atoms with Crippen LogP contribution in [0.4, 0.5) is 4.39 Å². The number of hydrogen-bond acceptors (Lipinski definition) is 3. The van der Waals surface area contributed by atoms with Crippen molar-refractivity contribution in [3.8, 4) is 0 Å². The Balaban J connectivity index is 2.58. The highest BCUT2D eigenvalue weighted by molar-refractivity contribution is 7.90. The Morgan fingerprint density at radius 1 is 1.16 bits per heavy atom. The van der Waals surface area contributed by atoms with Crippen LogP contribution in [0.25, 0.3) is 10.8 Å². The summed E-state index contributed by atoms with van der Waals surface area (Å²) >= 11 is 0. The molecule has 0 aromatic heterocycles. The highest BCUT2D eigenvalue weighted by atomic mass is 32.2. The van der Waals surface area contributed by atoms with Gasteiger partial charge >= 0.3 is 0 Å². The molecule has 5 heteroatoms. The molecule has 0 radical (unpaired) electrons. The fourth-order valence-electron chi connectivity index (χ4n) is 2.22. The molecule has 1 atom stereocenters. The van der Waals surface area contributed by atoms with Crippen molar-refractivity contribution in [1.29, 1.82) is 0 Å². The largest absolute Gasteiger partial charge is 0.312 e. The standard InChI is InChI=1S/C14H16FNO2S/c1-16-14(9-19(2,17)18)12-7-8-13(15)11-6-4-3-5-10(11)12/h3-8,14,16H,9H2,1-2H3. The molecule has 2 aromatic carbocycles. The van der Waals surface area contributed by atoms with Gasteiger partial charge in [-0.15, -0.1) is 0 Å². The minimum atomic E-state index is -3.12. The summed E-state index contributed by atoms with van der Waals surface area (Å²) in [7, 11) is -1.42. The summed E-state index contributed by atoms with van der Waals surface area (Å²) in [5, 5.41) is 4.23. The number of rotatable bonds is 4. The van der Waals surface area contributed by atoms with Crippen LogP contribution >= 0.6 is 0 Å². The molecule has 0 saturated carbocycles. The van der Waals surface area contributed by atoms with Gasteiger partial charge < -0.3 is 5.32 Å². The van der Waals surface area contributed by atoms with Gasteiger partial charge in [0.1, 0.15) is 15.7 Å². The van der Waals surface area contributed by atoms with Crippen LogP contribution in [-0.2, 0) is 9.84 Å². The van der Waals surface area contributed by atoms with Gasteiger partial charge in [-0.25, -0.2) is 12.8 Å². The molecule has 1 N–H and O–H groups in total. The van der Waals surface area contributed by atoms with E-state index >= 15 is 0 Å². The lowest BCUT2D eigenvalue weighted by atomic mass is 9.99. The van der Waals surface area contributed by atoms with Gasteiger partial charge in [0.25, 0.3) is 0 Å². The topological polar surface area (TPSA) is 46.2 Å². The monoisotopic (exact) mass is 281 g/mol. The molecule has 0 aliphatic heterocycles. The van der Waals surface area contributed by atoms with E-state index < -0.39 is 9.84 Å². The van der Waals surface area contributed by atoms with Crippen LogP contribution in [-0.4, -0.2) is 27.5 Å². The molecule has 0 heterocycles. The first-order chi connectivity index (χ1) is 8.92. The van der Waals surface area contributed by atoms with E-state index in [2.05, 4.69) is 5.32 Å². The number of halogens is 1. The smallest absolute Gasteiger partial charge is 0.149 e. The van der Waals surface area contributed by atoms with Crippen molar-refractivity contribution in [3.05, 3.63) is 47.8 Å². The van der Waals surface area contributed by atoms with Gasteiger partial charge in [-0.2, -0.15) is 0 Å². The quantitative estimate of drug-likeness (QED) is 0.935. The van der Waals surface area contributed by atoms with Crippen molar-refractivity contribution >= 4 is 20.6 Å². The minimum Gasteiger partial charge on any atom is -0.312 e. The van der Waals surface area contributed by atoms with Crippen molar-refractivity contribution < 1.29 is 12.8 Å². The van der Waals surface area contributed by atoms with Crippen LogP contribution < -0.4 is 5.32 Å².